The standard InChI is InChI=1S/C15H18N4O/c20-15(13-3-1-2-4-13)18-10-12-5-6-14(17-9-12)19-8-7-16-11-19/h5-9,11,13H,1-4,10H2,(H,18,20). The van der Waals surface area contributed by atoms with Gasteiger partial charge in [-0.2, -0.15) is 0 Å². The Morgan fingerprint density at radius 2 is 2.20 bits per heavy atom. The minimum absolute atomic E-state index is 0.182. The van der Waals surface area contributed by atoms with E-state index < -0.39 is 0 Å². The van der Waals surface area contributed by atoms with Gasteiger partial charge in [0.05, 0.1) is 0 Å². The third-order valence-electron chi connectivity index (χ3n) is 3.77. The Bertz CT molecular complexity index is 556. The zero-order valence-corrected chi connectivity index (χ0v) is 11.3. The Balaban J connectivity index is 1.57. The van der Waals surface area contributed by atoms with Crippen LogP contribution in [0.5, 0.6) is 0 Å². The molecule has 2 aromatic rings. The summed E-state index contributed by atoms with van der Waals surface area (Å²) in [5, 5.41) is 3.00. The van der Waals surface area contributed by atoms with E-state index >= 15 is 0 Å². The van der Waals surface area contributed by atoms with Crippen molar-refractivity contribution in [3.8, 4) is 5.82 Å². The van der Waals surface area contributed by atoms with Gasteiger partial charge in [0.15, 0.2) is 0 Å². The third kappa shape index (κ3) is 2.87. The molecule has 1 saturated carbocycles. The normalized spacial score (nSPS) is 15.4. The summed E-state index contributed by atoms with van der Waals surface area (Å²) in [6, 6.07) is 3.91. The lowest BCUT2D eigenvalue weighted by Crippen LogP contribution is -2.28. The molecule has 20 heavy (non-hydrogen) atoms. The number of imidazole rings is 1. The van der Waals surface area contributed by atoms with Crippen LogP contribution in [0.3, 0.4) is 0 Å². The van der Waals surface area contributed by atoms with Gasteiger partial charge in [0, 0.05) is 31.1 Å². The van der Waals surface area contributed by atoms with Gasteiger partial charge in [-0.05, 0) is 24.5 Å². The topological polar surface area (TPSA) is 59.8 Å². The van der Waals surface area contributed by atoms with E-state index in [4.69, 9.17) is 0 Å². The van der Waals surface area contributed by atoms with E-state index in [0.29, 0.717) is 6.54 Å². The van der Waals surface area contributed by atoms with Crippen molar-refractivity contribution in [2.75, 3.05) is 0 Å². The van der Waals surface area contributed by atoms with Gasteiger partial charge in [-0.3, -0.25) is 9.36 Å². The smallest absolute Gasteiger partial charge is 0.223 e. The quantitative estimate of drug-likeness (QED) is 0.925. The highest BCUT2D eigenvalue weighted by Crippen LogP contribution is 2.24. The lowest BCUT2D eigenvalue weighted by molar-refractivity contribution is -0.124. The Morgan fingerprint density at radius 3 is 2.85 bits per heavy atom. The molecule has 1 amide bonds. The molecule has 0 bridgehead atoms. The predicted octanol–water partition coefficient (Wildman–Crippen LogP) is 2.07. The first-order valence-electron chi connectivity index (χ1n) is 7.04. The molecule has 2 heterocycles. The molecule has 1 fully saturated rings. The van der Waals surface area contributed by atoms with Crippen molar-refractivity contribution < 1.29 is 4.79 Å². The van der Waals surface area contributed by atoms with Gasteiger partial charge in [0.25, 0.3) is 0 Å². The fourth-order valence-electron chi connectivity index (χ4n) is 2.59. The summed E-state index contributed by atoms with van der Waals surface area (Å²) in [6.07, 6.45) is 11.5. The number of carbonyl (C=O) groups excluding carboxylic acids is 1. The first kappa shape index (κ1) is 12.8. The molecule has 1 aliphatic rings. The second-order valence-corrected chi connectivity index (χ2v) is 5.19. The maximum absolute atomic E-state index is 11.9. The minimum atomic E-state index is 0.182. The second-order valence-electron chi connectivity index (χ2n) is 5.19. The molecule has 2 aromatic heterocycles. The molecule has 0 spiro atoms. The molecule has 0 aromatic carbocycles. The molecule has 0 radical (unpaired) electrons. The van der Waals surface area contributed by atoms with Crippen molar-refractivity contribution in [2.45, 2.75) is 32.2 Å². The largest absolute Gasteiger partial charge is 0.352 e. The first-order chi connectivity index (χ1) is 9.83. The number of carbonyl (C=O) groups is 1. The van der Waals surface area contributed by atoms with E-state index in [2.05, 4.69) is 15.3 Å². The number of amides is 1. The molecule has 0 unspecified atom stereocenters. The highest BCUT2D eigenvalue weighted by Gasteiger charge is 2.22. The van der Waals surface area contributed by atoms with Crippen LogP contribution in [0.4, 0.5) is 0 Å². The molecule has 104 valence electrons. The number of hydrogen-bond donors (Lipinski definition) is 1. The van der Waals surface area contributed by atoms with Crippen LogP contribution in [0.2, 0.25) is 0 Å². The van der Waals surface area contributed by atoms with Crippen LogP contribution < -0.4 is 5.32 Å². The maximum atomic E-state index is 11.9. The van der Waals surface area contributed by atoms with Gasteiger partial charge >= 0.3 is 0 Å². The first-order valence-corrected chi connectivity index (χ1v) is 7.04. The zero-order chi connectivity index (χ0) is 13.8. The average Bonchev–Trinajstić information content (AvgIpc) is 3.18. The van der Waals surface area contributed by atoms with Gasteiger partial charge < -0.3 is 5.32 Å². The second kappa shape index (κ2) is 5.86. The monoisotopic (exact) mass is 270 g/mol. The van der Waals surface area contributed by atoms with Crippen LogP contribution in [-0.2, 0) is 11.3 Å². The van der Waals surface area contributed by atoms with Gasteiger partial charge in [-0.15, -0.1) is 0 Å². The fourth-order valence-corrected chi connectivity index (χ4v) is 2.59. The zero-order valence-electron chi connectivity index (χ0n) is 11.3. The van der Waals surface area contributed by atoms with Crippen LogP contribution >= 0.6 is 0 Å². The molecule has 1 N–H and O–H groups in total. The summed E-state index contributed by atoms with van der Waals surface area (Å²) in [5.74, 6) is 1.22. The van der Waals surface area contributed by atoms with Gasteiger partial charge in [-0.25, -0.2) is 9.97 Å². The van der Waals surface area contributed by atoms with Crippen molar-refractivity contribution >= 4 is 5.91 Å². The maximum Gasteiger partial charge on any atom is 0.223 e. The molecule has 0 saturated heterocycles. The minimum Gasteiger partial charge on any atom is -0.352 e. The summed E-state index contributed by atoms with van der Waals surface area (Å²) in [5.41, 5.74) is 1.01. The molecular weight excluding hydrogens is 252 g/mol. The van der Waals surface area contributed by atoms with Crippen LogP contribution in [0, 0.1) is 5.92 Å². The van der Waals surface area contributed by atoms with Crippen LogP contribution in [-0.4, -0.2) is 20.4 Å². The van der Waals surface area contributed by atoms with Crippen molar-refractivity contribution in [3.63, 3.8) is 0 Å². The van der Waals surface area contributed by atoms with Crippen LogP contribution in [0.1, 0.15) is 31.2 Å². The van der Waals surface area contributed by atoms with Crippen molar-refractivity contribution in [1.82, 2.24) is 19.9 Å². The number of nitrogens with one attached hydrogen (secondary N) is 1. The fraction of sp³-hybridized carbons (Fsp3) is 0.400. The molecule has 3 rings (SSSR count). The van der Waals surface area contributed by atoms with Crippen LogP contribution in [0.15, 0.2) is 37.1 Å². The third-order valence-corrected chi connectivity index (χ3v) is 3.77. The summed E-state index contributed by atoms with van der Waals surface area (Å²) in [7, 11) is 0. The molecule has 1 aliphatic carbocycles. The number of hydrogen-bond acceptors (Lipinski definition) is 3. The van der Waals surface area contributed by atoms with Crippen molar-refractivity contribution in [2.24, 2.45) is 5.92 Å². The van der Waals surface area contributed by atoms with Gasteiger partial charge in [-0.1, -0.05) is 18.9 Å². The summed E-state index contributed by atoms with van der Waals surface area (Å²) >= 11 is 0. The van der Waals surface area contributed by atoms with E-state index in [9.17, 15) is 4.79 Å². The average molecular weight is 270 g/mol. The van der Waals surface area contributed by atoms with E-state index in [-0.39, 0.29) is 11.8 Å². The Labute approximate surface area is 118 Å². The SMILES string of the molecule is O=C(NCc1ccc(-n2ccnc2)nc1)C1CCCC1. The molecule has 5 heteroatoms. The highest BCUT2D eigenvalue weighted by molar-refractivity contribution is 5.78. The van der Waals surface area contributed by atoms with Gasteiger partial charge in [0.2, 0.25) is 5.91 Å². The molecule has 0 aliphatic heterocycles. The number of aromatic nitrogens is 3. The summed E-state index contributed by atoms with van der Waals surface area (Å²) in [4.78, 5) is 20.3. The van der Waals surface area contributed by atoms with Crippen molar-refractivity contribution in [3.05, 3.63) is 42.6 Å². The lowest BCUT2D eigenvalue weighted by atomic mass is 10.1. The Hall–Kier alpha value is -2.17. The summed E-state index contributed by atoms with van der Waals surface area (Å²) < 4.78 is 1.85. The van der Waals surface area contributed by atoms with Crippen LogP contribution in [0.25, 0.3) is 5.82 Å². The Morgan fingerprint density at radius 1 is 1.35 bits per heavy atom. The molecule has 5 nitrogen and oxygen atoms in total. The summed E-state index contributed by atoms with van der Waals surface area (Å²) in [6.45, 7) is 0.548. The number of rotatable bonds is 4. The van der Waals surface area contributed by atoms with E-state index in [0.717, 1.165) is 24.2 Å². The van der Waals surface area contributed by atoms with E-state index in [1.807, 2.05) is 22.9 Å². The number of pyridine rings is 1. The lowest BCUT2D eigenvalue weighted by Gasteiger charge is -2.10. The number of nitrogens with zero attached hydrogens (tertiary/aromatic N) is 3. The molecule has 0 atom stereocenters. The van der Waals surface area contributed by atoms with E-state index in [1.165, 1.54) is 12.8 Å². The highest BCUT2D eigenvalue weighted by atomic mass is 16.1. The van der Waals surface area contributed by atoms with E-state index in [1.54, 1.807) is 18.7 Å². The van der Waals surface area contributed by atoms with Crippen molar-refractivity contribution in [1.29, 1.82) is 0 Å². The molecular formula is C15H18N4O. The predicted molar refractivity (Wildman–Crippen MR) is 75.2 cm³/mol. The Kier molecular flexibility index (Phi) is 3.76. The van der Waals surface area contributed by atoms with Gasteiger partial charge in [0.1, 0.15) is 12.1 Å².